The van der Waals surface area contributed by atoms with Crippen LogP contribution in [0.25, 0.3) is 22.0 Å². The normalized spacial score (nSPS) is 10.4. The van der Waals surface area contributed by atoms with Gasteiger partial charge in [-0.3, -0.25) is 0 Å². The van der Waals surface area contributed by atoms with E-state index in [2.05, 4.69) is 11.8 Å². The quantitative estimate of drug-likeness (QED) is 0.520. The first-order valence-electron chi connectivity index (χ1n) is 8.62. The molecule has 3 nitrogen and oxygen atoms in total. The maximum Gasteiger partial charge on any atom is 0.336 e. The summed E-state index contributed by atoms with van der Waals surface area (Å²) in [5.41, 5.74) is 4.39. The molecule has 0 unspecified atom stereocenters. The molecule has 0 radical (unpaired) electrons. The molecule has 27 heavy (non-hydrogen) atoms. The molecule has 0 amide bonds. The third kappa shape index (κ3) is 3.21. The van der Waals surface area contributed by atoms with Crippen molar-refractivity contribution >= 4 is 16.9 Å². The van der Waals surface area contributed by atoms with E-state index in [1.165, 1.54) is 0 Å². The van der Waals surface area contributed by atoms with Crippen molar-refractivity contribution in [3.63, 3.8) is 0 Å². The zero-order valence-corrected chi connectivity index (χ0v) is 14.8. The van der Waals surface area contributed by atoms with E-state index >= 15 is 0 Å². The van der Waals surface area contributed by atoms with Gasteiger partial charge in [0.25, 0.3) is 0 Å². The molecule has 1 aromatic heterocycles. The van der Waals surface area contributed by atoms with Crippen LogP contribution < -0.4 is 0 Å². The van der Waals surface area contributed by atoms with E-state index in [-0.39, 0.29) is 5.56 Å². The predicted octanol–water partition coefficient (Wildman–Crippen LogP) is 4.94. The van der Waals surface area contributed by atoms with Crippen LogP contribution in [0.4, 0.5) is 0 Å². The molecule has 4 aromatic rings. The number of hydrogen-bond donors (Lipinski definition) is 1. The summed E-state index contributed by atoms with van der Waals surface area (Å²) in [6, 6.07) is 22.9. The third-order valence-electron chi connectivity index (χ3n) is 4.59. The molecule has 0 bridgehead atoms. The van der Waals surface area contributed by atoms with E-state index in [1.807, 2.05) is 78.5 Å². The van der Waals surface area contributed by atoms with E-state index in [9.17, 15) is 9.90 Å². The summed E-state index contributed by atoms with van der Waals surface area (Å²) in [5, 5.41) is 10.8. The van der Waals surface area contributed by atoms with Gasteiger partial charge in [-0.2, -0.15) is 0 Å². The highest BCUT2D eigenvalue weighted by molar-refractivity contribution is 5.99. The summed E-state index contributed by atoms with van der Waals surface area (Å²) in [5.74, 6) is 5.33. The lowest BCUT2D eigenvalue weighted by atomic mass is 9.93. The highest BCUT2D eigenvalue weighted by Gasteiger charge is 2.15. The van der Waals surface area contributed by atoms with Gasteiger partial charge >= 0.3 is 5.97 Å². The van der Waals surface area contributed by atoms with Gasteiger partial charge in [-0.25, -0.2) is 4.79 Å². The maximum atomic E-state index is 11.8. The number of nitrogens with zero attached hydrogens (tertiary/aromatic N) is 1. The number of aryl methyl sites for hydroxylation is 1. The van der Waals surface area contributed by atoms with Gasteiger partial charge < -0.3 is 9.67 Å². The molecule has 3 heteroatoms. The Labute approximate surface area is 157 Å². The van der Waals surface area contributed by atoms with Gasteiger partial charge in [0.1, 0.15) is 0 Å². The van der Waals surface area contributed by atoms with Crippen molar-refractivity contribution < 1.29 is 9.90 Å². The van der Waals surface area contributed by atoms with E-state index in [0.717, 1.165) is 22.0 Å². The molecule has 0 saturated heterocycles. The number of rotatable bonds is 2. The fourth-order valence-corrected chi connectivity index (χ4v) is 3.22. The molecule has 0 atom stereocenters. The first-order chi connectivity index (χ1) is 13.1. The van der Waals surface area contributed by atoms with Crippen molar-refractivity contribution in [1.82, 2.24) is 4.57 Å². The lowest BCUT2D eigenvalue weighted by molar-refractivity contribution is 0.0697. The molecule has 0 aliphatic carbocycles. The molecule has 1 N–H and O–H groups in total. The fourth-order valence-electron chi connectivity index (χ4n) is 3.22. The largest absolute Gasteiger partial charge is 0.478 e. The first kappa shape index (κ1) is 16.7. The SMILES string of the molecule is Cn1ccc2ccc(-c3c(C#Cc4ccccc4)cccc3C(=O)O)cc21. The van der Waals surface area contributed by atoms with Crippen LogP contribution in [0.5, 0.6) is 0 Å². The van der Waals surface area contributed by atoms with Crippen molar-refractivity contribution in [2.45, 2.75) is 0 Å². The van der Waals surface area contributed by atoms with Crippen molar-refractivity contribution in [2.24, 2.45) is 7.05 Å². The monoisotopic (exact) mass is 351 g/mol. The van der Waals surface area contributed by atoms with Crippen LogP contribution in [0.2, 0.25) is 0 Å². The smallest absolute Gasteiger partial charge is 0.336 e. The van der Waals surface area contributed by atoms with Crippen LogP contribution in [0.3, 0.4) is 0 Å². The van der Waals surface area contributed by atoms with E-state index in [1.54, 1.807) is 12.1 Å². The second-order valence-corrected chi connectivity index (χ2v) is 6.35. The molecular weight excluding hydrogens is 334 g/mol. The summed E-state index contributed by atoms with van der Waals surface area (Å²) in [6.45, 7) is 0. The highest BCUT2D eigenvalue weighted by Crippen LogP contribution is 2.30. The Bertz CT molecular complexity index is 1210. The van der Waals surface area contributed by atoms with Crippen molar-refractivity contribution in [3.8, 4) is 23.0 Å². The first-order valence-corrected chi connectivity index (χ1v) is 8.62. The topological polar surface area (TPSA) is 42.2 Å². The predicted molar refractivity (Wildman–Crippen MR) is 108 cm³/mol. The summed E-state index contributed by atoms with van der Waals surface area (Å²) in [4.78, 5) is 11.8. The Balaban J connectivity index is 1.93. The minimum absolute atomic E-state index is 0.253. The van der Waals surface area contributed by atoms with Crippen molar-refractivity contribution in [1.29, 1.82) is 0 Å². The number of benzene rings is 3. The molecule has 1 heterocycles. The van der Waals surface area contributed by atoms with Gasteiger partial charge in [0, 0.05) is 35.5 Å². The maximum absolute atomic E-state index is 11.8. The van der Waals surface area contributed by atoms with Crippen LogP contribution in [0.1, 0.15) is 21.5 Å². The van der Waals surface area contributed by atoms with Crippen LogP contribution >= 0.6 is 0 Å². The van der Waals surface area contributed by atoms with Gasteiger partial charge in [-0.1, -0.05) is 48.2 Å². The second-order valence-electron chi connectivity index (χ2n) is 6.35. The third-order valence-corrected chi connectivity index (χ3v) is 4.59. The molecule has 4 rings (SSSR count). The Kier molecular flexibility index (Phi) is 4.24. The number of carboxylic acids is 1. The fraction of sp³-hybridized carbons (Fsp3) is 0.0417. The highest BCUT2D eigenvalue weighted by atomic mass is 16.4. The molecule has 0 fully saturated rings. The summed E-state index contributed by atoms with van der Waals surface area (Å²) in [6.07, 6.45) is 1.99. The van der Waals surface area contributed by atoms with Crippen molar-refractivity contribution in [3.05, 3.63) is 95.7 Å². The standard InChI is InChI=1S/C24H17NO2/c1-25-15-14-18-12-13-20(16-22(18)25)23-19(8-5-9-21(23)24(26)27)11-10-17-6-3-2-4-7-17/h2-9,12-16H,1H3,(H,26,27). The second kappa shape index (κ2) is 6.86. The lowest BCUT2D eigenvalue weighted by Crippen LogP contribution is -2.01. The zero-order chi connectivity index (χ0) is 18.8. The van der Waals surface area contributed by atoms with Crippen LogP contribution in [0, 0.1) is 11.8 Å². The number of carboxylic acid groups (broad SMARTS) is 1. The van der Waals surface area contributed by atoms with Crippen molar-refractivity contribution in [2.75, 3.05) is 0 Å². The Morgan fingerprint density at radius 2 is 1.74 bits per heavy atom. The zero-order valence-electron chi connectivity index (χ0n) is 14.8. The molecule has 0 aliphatic heterocycles. The van der Waals surface area contributed by atoms with Crippen LogP contribution in [-0.2, 0) is 7.05 Å². The van der Waals surface area contributed by atoms with Gasteiger partial charge in [0.05, 0.1) is 5.56 Å². The molecular formula is C24H17NO2. The number of aromatic carboxylic acids is 1. The van der Waals surface area contributed by atoms with Crippen LogP contribution in [0.15, 0.2) is 79.0 Å². The Morgan fingerprint density at radius 1 is 0.926 bits per heavy atom. The summed E-state index contributed by atoms with van der Waals surface area (Å²) >= 11 is 0. The number of fused-ring (bicyclic) bond motifs is 1. The molecule has 3 aromatic carbocycles. The molecule has 0 saturated carbocycles. The number of carbonyl (C=O) groups is 1. The Morgan fingerprint density at radius 3 is 2.52 bits per heavy atom. The lowest BCUT2D eigenvalue weighted by Gasteiger charge is -2.10. The van der Waals surface area contributed by atoms with Gasteiger partial charge in [-0.15, -0.1) is 0 Å². The van der Waals surface area contributed by atoms with Crippen LogP contribution in [-0.4, -0.2) is 15.6 Å². The number of aromatic nitrogens is 1. The average molecular weight is 351 g/mol. The van der Waals surface area contributed by atoms with E-state index in [4.69, 9.17) is 0 Å². The van der Waals surface area contributed by atoms with Gasteiger partial charge in [0.2, 0.25) is 0 Å². The minimum Gasteiger partial charge on any atom is -0.478 e. The van der Waals surface area contributed by atoms with Gasteiger partial charge in [-0.05, 0) is 47.3 Å². The van der Waals surface area contributed by atoms with Gasteiger partial charge in [0.15, 0.2) is 0 Å². The van der Waals surface area contributed by atoms with E-state index in [0.29, 0.717) is 11.1 Å². The van der Waals surface area contributed by atoms with E-state index < -0.39 is 5.97 Å². The summed E-state index contributed by atoms with van der Waals surface area (Å²) in [7, 11) is 1.98. The average Bonchev–Trinajstić information content (AvgIpc) is 3.07. The Hall–Kier alpha value is -3.77. The molecule has 130 valence electrons. The number of hydrogen-bond acceptors (Lipinski definition) is 1. The minimum atomic E-state index is -0.958. The summed E-state index contributed by atoms with van der Waals surface area (Å²) < 4.78 is 2.03. The molecule has 0 aliphatic rings. The molecule has 0 spiro atoms.